The zero-order chi connectivity index (χ0) is 19.9. The van der Waals surface area contributed by atoms with Crippen LogP contribution in [0, 0.1) is 0 Å². The predicted molar refractivity (Wildman–Crippen MR) is 109 cm³/mol. The number of nitrogens with one attached hydrogen (secondary N) is 1. The van der Waals surface area contributed by atoms with E-state index in [0.29, 0.717) is 10.2 Å². The summed E-state index contributed by atoms with van der Waals surface area (Å²) in [6, 6.07) is 13.3. The topological polar surface area (TPSA) is 81.7 Å². The summed E-state index contributed by atoms with van der Waals surface area (Å²) < 4.78 is 38.5. The Bertz CT molecular complexity index is 875. The van der Waals surface area contributed by atoms with E-state index >= 15 is 0 Å². The third kappa shape index (κ3) is 6.24. The molecule has 27 heavy (non-hydrogen) atoms. The number of hydrogen-bond donors (Lipinski definition) is 1. The third-order valence-electron chi connectivity index (χ3n) is 3.59. The lowest BCUT2D eigenvalue weighted by atomic mass is 10.2. The molecule has 146 valence electrons. The van der Waals surface area contributed by atoms with Gasteiger partial charge in [0.05, 0.1) is 14.2 Å². The van der Waals surface area contributed by atoms with Gasteiger partial charge in [-0.05, 0) is 23.8 Å². The predicted octanol–water partition coefficient (Wildman–Crippen LogP) is 3.21. The van der Waals surface area contributed by atoms with E-state index in [9.17, 15) is 13.2 Å². The minimum atomic E-state index is -3.99. The standard InChI is InChI=1S/C18H20BrNO5S2/c1-24-16-9-8-14(19)10-17(16)27(22,23)20-15(18(21)25-2)12-26-11-13-6-4-3-5-7-13/h3-10,15,20H,11-12H2,1-2H3. The van der Waals surface area contributed by atoms with Gasteiger partial charge in [0.15, 0.2) is 0 Å². The first-order valence-corrected chi connectivity index (χ1v) is 11.4. The number of halogens is 1. The molecule has 6 nitrogen and oxygen atoms in total. The molecule has 2 aromatic rings. The van der Waals surface area contributed by atoms with Crippen molar-refractivity contribution in [3.05, 3.63) is 58.6 Å². The monoisotopic (exact) mass is 473 g/mol. The largest absolute Gasteiger partial charge is 0.495 e. The van der Waals surface area contributed by atoms with Crippen molar-refractivity contribution in [1.29, 1.82) is 0 Å². The van der Waals surface area contributed by atoms with Crippen molar-refractivity contribution >= 4 is 43.7 Å². The lowest BCUT2D eigenvalue weighted by Gasteiger charge is -2.18. The number of benzene rings is 2. The van der Waals surface area contributed by atoms with Crippen LogP contribution in [0.5, 0.6) is 5.75 Å². The lowest BCUT2D eigenvalue weighted by molar-refractivity contribution is -0.141. The molecule has 1 N–H and O–H groups in total. The Hall–Kier alpha value is -1.55. The van der Waals surface area contributed by atoms with Gasteiger partial charge in [-0.15, -0.1) is 0 Å². The Labute approximate surface area is 171 Å². The molecule has 2 aromatic carbocycles. The molecule has 0 aliphatic heterocycles. The van der Waals surface area contributed by atoms with Crippen molar-refractivity contribution < 1.29 is 22.7 Å². The van der Waals surface area contributed by atoms with Crippen molar-refractivity contribution in [3.8, 4) is 5.75 Å². The summed E-state index contributed by atoms with van der Waals surface area (Å²) in [5, 5.41) is 0. The van der Waals surface area contributed by atoms with Gasteiger partial charge < -0.3 is 9.47 Å². The minimum absolute atomic E-state index is 0.0543. The molecule has 0 aliphatic rings. The normalized spacial score (nSPS) is 12.4. The fourth-order valence-corrected chi connectivity index (χ4v) is 5.27. The van der Waals surface area contributed by atoms with Crippen LogP contribution in [-0.4, -0.2) is 40.4 Å². The molecule has 9 heteroatoms. The van der Waals surface area contributed by atoms with Crippen LogP contribution in [0.4, 0.5) is 0 Å². The highest BCUT2D eigenvalue weighted by molar-refractivity contribution is 9.10. The molecule has 0 spiro atoms. The van der Waals surface area contributed by atoms with Crippen LogP contribution in [0.2, 0.25) is 0 Å². The number of ether oxygens (including phenoxy) is 2. The number of thioether (sulfide) groups is 1. The lowest BCUT2D eigenvalue weighted by Crippen LogP contribution is -2.43. The van der Waals surface area contributed by atoms with Crippen molar-refractivity contribution in [2.24, 2.45) is 0 Å². The number of carbonyl (C=O) groups excluding carboxylic acids is 1. The van der Waals surface area contributed by atoms with Crippen LogP contribution in [-0.2, 0) is 25.3 Å². The van der Waals surface area contributed by atoms with Crippen LogP contribution in [0.15, 0.2) is 57.9 Å². The second kappa shape index (κ2) is 10.1. The SMILES string of the molecule is COC(=O)C(CSCc1ccccc1)NS(=O)(=O)c1cc(Br)ccc1OC. The maximum absolute atomic E-state index is 12.8. The first-order valence-electron chi connectivity index (χ1n) is 7.92. The molecule has 0 heterocycles. The second-order valence-corrected chi connectivity index (χ2v) is 9.12. The molecule has 0 saturated heterocycles. The van der Waals surface area contributed by atoms with Crippen LogP contribution >= 0.6 is 27.7 Å². The van der Waals surface area contributed by atoms with Crippen LogP contribution in [0.25, 0.3) is 0 Å². The van der Waals surface area contributed by atoms with Crippen molar-refractivity contribution in [3.63, 3.8) is 0 Å². The quantitative estimate of drug-likeness (QED) is 0.563. The Balaban J connectivity index is 2.15. The maximum atomic E-state index is 12.8. The van der Waals surface area contributed by atoms with Crippen LogP contribution in [0.3, 0.4) is 0 Å². The minimum Gasteiger partial charge on any atom is -0.495 e. The molecular formula is C18H20BrNO5S2. The zero-order valence-corrected chi connectivity index (χ0v) is 18.1. The van der Waals surface area contributed by atoms with Gasteiger partial charge in [-0.3, -0.25) is 4.79 Å². The van der Waals surface area contributed by atoms with Gasteiger partial charge in [-0.1, -0.05) is 46.3 Å². The fourth-order valence-electron chi connectivity index (χ4n) is 2.27. The number of rotatable bonds is 9. The summed E-state index contributed by atoms with van der Waals surface area (Å²) in [5.74, 6) is 0.423. The van der Waals surface area contributed by atoms with E-state index in [0.717, 1.165) is 5.56 Å². The Morgan fingerprint density at radius 3 is 2.52 bits per heavy atom. The summed E-state index contributed by atoms with van der Waals surface area (Å²) >= 11 is 4.69. The summed E-state index contributed by atoms with van der Waals surface area (Å²) in [4.78, 5) is 12.0. The van der Waals surface area contributed by atoms with Gasteiger partial charge in [0.25, 0.3) is 0 Å². The molecule has 0 amide bonds. The van der Waals surface area contributed by atoms with Gasteiger partial charge in [0.2, 0.25) is 10.0 Å². The van der Waals surface area contributed by atoms with E-state index in [1.54, 1.807) is 6.07 Å². The van der Waals surface area contributed by atoms with Gasteiger partial charge >= 0.3 is 5.97 Å². The molecule has 1 atom stereocenters. The molecule has 0 radical (unpaired) electrons. The highest BCUT2D eigenvalue weighted by Gasteiger charge is 2.28. The van der Waals surface area contributed by atoms with E-state index < -0.39 is 22.0 Å². The Morgan fingerprint density at radius 2 is 1.89 bits per heavy atom. The Morgan fingerprint density at radius 1 is 1.19 bits per heavy atom. The van der Waals surface area contributed by atoms with Crippen molar-refractivity contribution in [2.75, 3.05) is 20.0 Å². The Kier molecular flexibility index (Phi) is 8.15. The first kappa shape index (κ1) is 21.7. The maximum Gasteiger partial charge on any atom is 0.324 e. The number of sulfonamides is 1. The van der Waals surface area contributed by atoms with Gasteiger partial charge in [-0.2, -0.15) is 16.5 Å². The number of carbonyl (C=O) groups is 1. The number of esters is 1. The molecule has 1 unspecified atom stereocenters. The van der Waals surface area contributed by atoms with Crippen LogP contribution in [0.1, 0.15) is 5.56 Å². The second-order valence-electron chi connectivity index (χ2n) is 5.49. The smallest absolute Gasteiger partial charge is 0.324 e. The van der Waals surface area contributed by atoms with Crippen molar-refractivity contribution in [1.82, 2.24) is 4.72 Å². The van der Waals surface area contributed by atoms with E-state index in [1.165, 1.54) is 38.1 Å². The van der Waals surface area contributed by atoms with E-state index in [1.807, 2.05) is 30.3 Å². The third-order valence-corrected chi connectivity index (χ3v) is 6.69. The number of hydrogen-bond acceptors (Lipinski definition) is 6. The van der Waals surface area contributed by atoms with Gasteiger partial charge in [-0.25, -0.2) is 8.42 Å². The molecular weight excluding hydrogens is 454 g/mol. The summed E-state index contributed by atoms with van der Waals surface area (Å²) in [7, 11) is -1.38. The molecule has 2 rings (SSSR count). The van der Waals surface area contributed by atoms with Gasteiger partial charge in [0.1, 0.15) is 16.7 Å². The summed E-state index contributed by atoms with van der Waals surface area (Å²) in [6.45, 7) is 0. The average molecular weight is 474 g/mol. The summed E-state index contributed by atoms with van der Waals surface area (Å²) in [5.41, 5.74) is 1.09. The zero-order valence-electron chi connectivity index (χ0n) is 14.8. The van der Waals surface area contributed by atoms with Crippen molar-refractivity contribution in [2.45, 2.75) is 16.7 Å². The highest BCUT2D eigenvalue weighted by atomic mass is 79.9. The summed E-state index contributed by atoms with van der Waals surface area (Å²) in [6.07, 6.45) is 0. The average Bonchev–Trinajstić information content (AvgIpc) is 2.67. The molecule has 0 saturated carbocycles. The highest BCUT2D eigenvalue weighted by Crippen LogP contribution is 2.27. The number of methoxy groups -OCH3 is 2. The molecule has 0 aliphatic carbocycles. The molecule has 0 aromatic heterocycles. The van der Waals surface area contributed by atoms with E-state index in [-0.39, 0.29) is 16.4 Å². The van der Waals surface area contributed by atoms with Crippen LogP contribution < -0.4 is 9.46 Å². The van der Waals surface area contributed by atoms with Gasteiger partial charge in [0, 0.05) is 16.0 Å². The van der Waals surface area contributed by atoms with E-state index in [4.69, 9.17) is 9.47 Å². The molecule has 0 bridgehead atoms. The first-order chi connectivity index (χ1) is 12.9. The fraction of sp³-hybridized carbons (Fsp3) is 0.278. The van der Waals surface area contributed by atoms with E-state index in [2.05, 4.69) is 20.7 Å². The molecule has 0 fully saturated rings.